The summed E-state index contributed by atoms with van der Waals surface area (Å²) in [6, 6.07) is 10.4. The van der Waals surface area contributed by atoms with E-state index in [4.69, 9.17) is 11.6 Å². The molecule has 0 bridgehead atoms. The third-order valence-corrected chi connectivity index (χ3v) is 3.39. The highest BCUT2D eigenvalue weighted by Gasteiger charge is 2.11. The highest BCUT2D eigenvalue weighted by Crippen LogP contribution is 2.28. The molecule has 1 aromatic carbocycles. The molecule has 0 radical (unpaired) electrons. The molecule has 0 aliphatic carbocycles. The SMILES string of the molecule is C=CCc1ccc(Cl)nc1-c1cc2c(F)cccc2[nH]1. The molecule has 2 heterocycles. The summed E-state index contributed by atoms with van der Waals surface area (Å²) in [6.07, 6.45) is 2.48. The summed E-state index contributed by atoms with van der Waals surface area (Å²) in [5.74, 6) is -0.253. The van der Waals surface area contributed by atoms with Gasteiger partial charge in [0.15, 0.2) is 0 Å². The van der Waals surface area contributed by atoms with Gasteiger partial charge in [0.2, 0.25) is 0 Å². The summed E-state index contributed by atoms with van der Waals surface area (Å²) < 4.78 is 13.8. The van der Waals surface area contributed by atoms with Crippen LogP contribution in [0.2, 0.25) is 5.15 Å². The van der Waals surface area contributed by atoms with Crippen LogP contribution in [0, 0.1) is 5.82 Å². The molecule has 100 valence electrons. The van der Waals surface area contributed by atoms with Gasteiger partial charge in [-0.1, -0.05) is 29.8 Å². The number of aromatic amines is 1. The lowest BCUT2D eigenvalue weighted by Gasteiger charge is -2.05. The lowest BCUT2D eigenvalue weighted by Crippen LogP contribution is -1.92. The summed E-state index contributed by atoms with van der Waals surface area (Å²) in [4.78, 5) is 7.53. The molecule has 0 saturated heterocycles. The van der Waals surface area contributed by atoms with Crippen molar-refractivity contribution in [1.82, 2.24) is 9.97 Å². The average molecular weight is 287 g/mol. The third kappa shape index (κ3) is 2.21. The number of fused-ring (bicyclic) bond motifs is 1. The van der Waals surface area contributed by atoms with E-state index in [0.29, 0.717) is 17.0 Å². The predicted octanol–water partition coefficient (Wildman–Crippen LogP) is 4.75. The maximum atomic E-state index is 13.8. The van der Waals surface area contributed by atoms with Gasteiger partial charge in [-0.05, 0) is 36.2 Å². The predicted molar refractivity (Wildman–Crippen MR) is 80.4 cm³/mol. The average Bonchev–Trinajstić information content (AvgIpc) is 2.86. The smallest absolute Gasteiger partial charge is 0.132 e. The Kier molecular flexibility index (Phi) is 3.28. The molecule has 0 aliphatic rings. The zero-order chi connectivity index (χ0) is 14.1. The Morgan fingerprint density at radius 2 is 2.15 bits per heavy atom. The van der Waals surface area contributed by atoms with Crippen LogP contribution in [0.15, 0.2) is 49.1 Å². The number of benzene rings is 1. The van der Waals surface area contributed by atoms with E-state index in [1.54, 1.807) is 24.3 Å². The van der Waals surface area contributed by atoms with E-state index in [0.717, 1.165) is 22.5 Å². The summed E-state index contributed by atoms with van der Waals surface area (Å²) >= 11 is 5.97. The molecule has 0 aliphatic heterocycles. The van der Waals surface area contributed by atoms with Gasteiger partial charge in [0.25, 0.3) is 0 Å². The molecule has 0 amide bonds. The lowest BCUT2D eigenvalue weighted by atomic mass is 10.1. The van der Waals surface area contributed by atoms with E-state index in [-0.39, 0.29) is 5.82 Å². The molecule has 3 rings (SSSR count). The Hall–Kier alpha value is -2.13. The van der Waals surface area contributed by atoms with Gasteiger partial charge in [-0.25, -0.2) is 9.37 Å². The molecule has 1 N–H and O–H groups in total. The lowest BCUT2D eigenvalue weighted by molar-refractivity contribution is 0.640. The minimum absolute atomic E-state index is 0.253. The van der Waals surface area contributed by atoms with Crippen molar-refractivity contribution in [2.45, 2.75) is 6.42 Å². The summed E-state index contributed by atoms with van der Waals surface area (Å²) in [7, 11) is 0. The molecule has 0 atom stereocenters. The van der Waals surface area contributed by atoms with Gasteiger partial charge in [-0.2, -0.15) is 0 Å². The van der Waals surface area contributed by atoms with Crippen molar-refractivity contribution in [2.75, 3.05) is 0 Å². The number of aromatic nitrogens is 2. The number of allylic oxidation sites excluding steroid dienone is 1. The number of nitrogens with zero attached hydrogens (tertiary/aromatic N) is 1. The standard InChI is InChI=1S/C16H12ClFN2/c1-2-4-10-7-8-15(17)20-16(10)14-9-11-12(18)5-3-6-13(11)19-14/h2-3,5-9,19H,1,4H2. The van der Waals surface area contributed by atoms with Crippen LogP contribution in [-0.4, -0.2) is 9.97 Å². The van der Waals surface area contributed by atoms with Gasteiger partial charge >= 0.3 is 0 Å². The first-order valence-electron chi connectivity index (χ1n) is 6.23. The Morgan fingerprint density at radius 3 is 2.90 bits per heavy atom. The quantitative estimate of drug-likeness (QED) is 0.546. The second-order valence-corrected chi connectivity index (χ2v) is 4.91. The fraction of sp³-hybridized carbons (Fsp3) is 0.0625. The van der Waals surface area contributed by atoms with Crippen LogP contribution in [-0.2, 0) is 6.42 Å². The Labute approximate surface area is 120 Å². The first-order chi connectivity index (χ1) is 9.69. The number of H-pyrrole nitrogens is 1. The van der Waals surface area contributed by atoms with E-state index in [9.17, 15) is 4.39 Å². The minimum atomic E-state index is -0.253. The summed E-state index contributed by atoms with van der Waals surface area (Å²) in [5, 5.41) is 0.959. The largest absolute Gasteiger partial charge is 0.353 e. The molecule has 2 aromatic heterocycles. The van der Waals surface area contributed by atoms with Gasteiger partial charge in [0, 0.05) is 10.9 Å². The van der Waals surface area contributed by atoms with Crippen LogP contribution in [0.4, 0.5) is 4.39 Å². The van der Waals surface area contributed by atoms with Crippen LogP contribution in [0.5, 0.6) is 0 Å². The van der Waals surface area contributed by atoms with Crippen molar-refractivity contribution in [3.63, 3.8) is 0 Å². The molecule has 20 heavy (non-hydrogen) atoms. The Morgan fingerprint density at radius 1 is 1.30 bits per heavy atom. The fourth-order valence-corrected chi connectivity index (χ4v) is 2.41. The number of rotatable bonds is 3. The summed E-state index contributed by atoms with van der Waals surface area (Å²) in [5.41, 5.74) is 3.22. The number of halogens is 2. The number of hydrogen-bond donors (Lipinski definition) is 1. The molecular weight excluding hydrogens is 275 g/mol. The van der Waals surface area contributed by atoms with Crippen LogP contribution >= 0.6 is 11.6 Å². The van der Waals surface area contributed by atoms with E-state index in [2.05, 4.69) is 16.5 Å². The monoisotopic (exact) mass is 286 g/mol. The Bertz CT molecular complexity index is 792. The number of hydrogen-bond acceptors (Lipinski definition) is 1. The van der Waals surface area contributed by atoms with Crippen LogP contribution < -0.4 is 0 Å². The molecule has 0 spiro atoms. The molecular formula is C16H12ClFN2. The highest BCUT2D eigenvalue weighted by molar-refractivity contribution is 6.29. The molecule has 0 saturated carbocycles. The van der Waals surface area contributed by atoms with Gasteiger partial charge < -0.3 is 4.98 Å². The van der Waals surface area contributed by atoms with Crippen molar-refractivity contribution in [2.24, 2.45) is 0 Å². The van der Waals surface area contributed by atoms with Crippen molar-refractivity contribution in [3.8, 4) is 11.4 Å². The fourth-order valence-electron chi connectivity index (χ4n) is 2.26. The van der Waals surface area contributed by atoms with Crippen LogP contribution in [0.3, 0.4) is 0 Å². The molecule has 0 unspecified atom stereocenters. The molecule has 2 nitrogen and oxygen atoms in total. The molecule has 0 fully saturated rings. The van der Waals surface area contributed by atoms with E-state index >= 15 is 0 Å². The highest BCUT2D eigenvalue weighted by atomic mass is 35.5. The third-order valence-electron chi connectivity index (χ3n) is 3.18. The summed E-state index contributed by atoms with van der Waals surface area (Å²) in [6.45, 7) is 3.74. The van der Waals surface area contributed by atoms with Crippen LogP contribution in [0.25, 0.3) is 22.3 Å². The number of nitrogens with one attached hydrogen (secondary N) is 1. The minimum Gasteiger partial charge on any atom is -0.353 e. The second kappa shape index (κ2) is 5.10. The van der Waals surface area contributed by atoms with E-state index in [1.165, 1.54) is 6.07 Å². The van der Waals surface area contributed by atoms with E-state index < -0.39 is 0 Å². The van der Waals surface area contributed by atoms with Crippen LogP contribution in [0.1, 0.15) is 5.56 Å². The topological polar surface area (TPSA) is 28.7 Å². The van der Waals surface area contributed by atoms with Gasteiger partial charge in [0.1, 0.15) is 11.0 Å². The Balaban J connectivity index is 2.22. The maximum Gasteiger partial charge on any atom is 0.132 e. The zero-order valence-corrected chi connectivity index (χ0v) is 11.4. The first-order valence-corrected chi connectivity index (χ1v) is 6.61. The zero-order valence-electron chi connectivity index (χ0n) is 10.7. The van der Waals surface area contributed by atoms with Crippen molar-refractivity contribution < 1.29 is 4.39 Å². The van der Waals surface area contributed by atoms with Crippen molar-refractivity contribution >= 4 is 22.5 Å². The second-order valence-electron chi connectivity index (χ2n) is 4.52. The molecule has 4 heteroatoms. The first kappa shape index (κ1) is 12.9. The van der Waals surface area contributed by atoms with Gasteiger partial charge in [-0.3, -0.25) is 0 Å². The normalized spacial score (nSPS) is 10.9. The molecule has 3 aromatic rings. The van der Waals surface area contributed by atoms with Crippen molar-refractivity contribution in [1.29, 1.82) is 0 Å². The van der Waals surface area contributed by atoms with Gasteiger partial charge in [-0.15, -0.1) is 6.58 Å². The van der Waals surface area contributed by atoms with Gasteiger partial charge in [0.05, 0.1) is 11.4 Å². The maximum absolute atomic E-state index is 13.8. The number of pyridine rings is 1. The van der Waals surface area contributed by atoms with E-state index in [1.807, 2.05) is 12.1 Å². The van der Waals surface area contributed by atoms with Crippen molar-refractivity contribution in [3.05, 3.63) is 65.6 Å².